The third-order valence-corrected chi connectivity index (χ3v) is 6.34. The summed E-state index contributed by atoms with van der Waals surface area (Å²) >= 11 is 0. The first-order chi connectivity index (χ1) is 7.40. The highest BCUT2D eigenvalue weighted by atomic mass is 16.3. The molecule has 0 radical (unpaired) electrons. The van der Waals surface area contributed by atoms with Gasteiger partial charge in [0.1, 0.15) is 0 Å². The quantitative estimate of drug-likeness (QED) is 0.620. The lowest BCUT2D eigenvalue weighted by atomic mass is 9.64. The third kappa shape index (κ3) is 1.01. The normalized spacial score (nSPS) is 53.7. The maximum absolute atomic E-state index is 10.2. The summed E-state index contributed by atoms with van der Waals surface area (Å²) in [5.74, 6) is 2.25. The molecule has 1 nitrogen and oxygen atoms in total. The van der Waals surface area contributed by atoms with Crippen LogP contribution in [0.2, 0.25) is 0 Å². The second kappa shape index (κ2) is 2.93. The largest absolute Gasteiger partial charge is 0.389 e. The Morgan fingerprint density at radius 3 is 2.62 bits per heavy atom. The minimum Gasteiger partial charge on any atom is -0.389 e. The van der Waals surface area contributed by atoms with E-state index in [9.17, 15) is 5.11 Å². The molecule has 2 saturated carbocycles. The van der Waals surface area contributed by atoms with Crippen LogP contribution in [0.5, 0.6) is 0 Å². The van der Waals surface area contributed by atoms with Gasteiger partial charge in [0, 0.05) is 0 Å². The van der Waals surface area contributed by atoms with Crippen molar-refractivity contribution in [1.82, 2.24) is 0 Å². The molecule has 0 unspecified atom stereocenters. The van der Waals surface area contributed by atoms with Crippen molar-refractivity contribution in [3.05, 3.63) is 11.6 Å². The molecular weight excluding hydrogens is 196 g/mol. The van der Waals surface area contributed by atoms with Crippen molar-refractivity contribution in [3.63, 3.8) is 0 Å². The first kappa shape index (κ1) is 10.8. The molecule has 2 fully saturated rings. The molecule has 0 saturated heterocycles. The number of aliphatic hydroxyl groups excluding tert-OH is 1. The highest BCUT2D eigenvalue weighted by Gasteiger charge is 2.72. The summed E-state index contributed by atoms with van der Waals surface area (Å²) in [6.07, 6.45) is 5.59. The highest BCUT2D eigenvalue weighted by Crippen LogP contribution is 2.78. The van der Waals surface area contributed by atoms with Crippen molar-refractivity contribution in [2.45, 2.75) is 53.1 Å². The Hall–Kier alpha value is -0.300. The molecule has 0 aromatic heterocycles. The number of rotatable bonds is 0. The summed E-state index contributed by atoms with van der Waals surface area (Å²) < 4.78 is 0. The minimum atomic E-state index is -0.143. The second-order valence-corrected chi connectivity index (χ2v) is 7.04. The summed E-state index contributed by atoms with van der Waals surface area (Å²) in [5, 5.41) is 10.2. The van der Waals surface area contributed by atoms with Crippen LogP contribution >= 0.6 is 0 Å². The van der Waals surface area contributed by atoms with Crippen molar-refractivity contribution in [2.24, 2.45) is 28.6 Å². The van der Waals surface area contributed by atoms with E-state index in [1.165, 1.54) is 18.4 Å². The first-order valence-electron chi connectivity index (χ1n) is 6.78. The smallest absolute Gasteiger partial charge is 0.0753 e. The summed E-state index contributed by atoms with van der Waals surface area (Å²) in [5.41, 5.74) is 2.31. The molecule has 0 aliphatic heterocycles. The number of hydrogen-bond donors (Lipinski definition) is 1. The second-order valence-electron chi connectivity index (χ2n) is 7.04. The summed E-state index contributed by atoms with van der Waals surface area (Å²) in [6, 6.07) is 0. The lowest BCUT2D eigenvalue weighted by molar-refractivity contribution is 0.0893. The van der Waals surface area contributed by atoms with E-state index in [0.29, 0.717) is 16.7 Å². The number of aliphatic hydroxyl groups is 1. The van der Waals surface area contributed by atoms with Gasteiger partial charge in [0.15, 0.2) is 0 Å². The van der Waals surface area contributed by atoms with Gasteiger partial charge in [-0.05, 0) is 53.4 Å². The fourth-order valence-electron chi connectivity index (χ4n) is 5.04. The average Bonchev–Trinajstić information content (AvgIpc) is 2.67. The zero-order chi connectivity index (χ0) is 11.7. The first-order valence-corrected chi connectivity index (χ1v) is 6.78. The van der Waals surface area contributed by atoms with Crippen LogP contribution in [0.25, 0.3) is 0 Å². The van der Waals surface area contributed by atoms with Crippen LogP contribution in [0.3, 0.4) is 0 Å². The van der Waals surface area contributed by atoms with Crippen molar-refractivity contribution in [2.75, 3.05) is 0 Å². The molecule has 0 heterocycles. The fraction of sp³-hybridized carbons (Fsp3) is 0.867. The topological polar surface area (TPSA) is 20.2 Å². The molecule has 0 aromatic rings. The van der Waals surface area contributed by atoms with Gasteiger partial charge in [0.05, 0.1) is 6.10 Å². The molecule has 90 valence electrons. The molecular formula is C15H24O. The Kier molecular flexibility index (Phi) is 1.98. The Labute approximate surface area is 98.9 Å². The Bertz CT molecular complexity index is 354. The Balaban J connectivity index is 2.02. The zero-order valence-electron chi connectivity index (χ0n) is 11.0. The molecule has 0 amide bonds. The van der Waals surface area contributed by atoms with Crippen LogP contribution in [0, 0.1) is 28.6 Å². The van der Waals surface area contributed by atoms with E-state index in [4.69, 9.17) is 0 Å². The highest BCUT2D eigenvalue weighted by molar-refractivity contribution is 5.34. The van der Waals surface area contributed by atoms with Crippen molar-refractivity contribution < 1.29 is 5.11 Å². The predicted octanol–water partition coefficient (Wildman–Crippen LogP) is 3.39. The molecule has 0 spiro atoms. The van der Waals surface area contributed by atoms with Gasteiger partial charge < -0.3 is 5.11 Å². The van der Waals surface area contributed by atoms with E-state index < -0.39 is 0 Å². The fourth-order valence-corrected chi connectivity index (χ4v) is 5.04. The Morgan fingerprint density at radius 1 is 1.25 bits per heavy atom. The van der Waals surface area contributed by atoms with Gasteiger partial charge >= 0.3 is 0 Å². The van der Waals surface area contributed by atoms with Crippen LogP contribution < -0.4 is 0 Å². The van der Waals surface area contributed by atoms with E-state index in [1.807, 2.05) is 0 Å². The molecule has 3 aliphatic rings. The van der Waals surface area contributed by atoms with Crippen LogP contribution in [-0.4, -0.2) is 11.2 Å². The number of hydrogen-bond acceptors (Lipinski definition) is 1. The van der Waals surface area contributed by atoms with Crippen LogP contribution in [0.4, 0.5) is 0 Å². The standard InChI is InChI=1S/C15H24O/c1-9-5-7-11(16)10-6-8-12-14(2,3)15(12,4)13(9)10/h6,9,11-13,16H,5,7-8H2,1-4H3/t9-,11+,12+,13+,15-/m0/s1. The number of allylic oxidation sites excluding steroid dienone is 1. The van der Waals surface area contributed by atoms with Gasteiger partial charge in [-0.2, -0.15) is 0 Å². The van der Waals surface area contributed by atoms with Gasteiger partial charge in [-0.15, -0.1) is 0 Å². The van der Waals surface area contributed by atoms with Gasteiger partial charge in [-0.25, -0.2) is 0 Å². The van der Waals surface area contributed by atoms with E-state index in [1.54, 1.807) is 0 Å². The maximum atomic E-state index is 10.2. The maximum Gasteiger partial charge on any atom is 0.0753 e. The van der Waals surface area contributed by atoms with Crippen molar-refractivity contribution >= 4 is 0 Å². The lowest BCUT2D eigenvalue weighted by Crippen LogP contribution is -2.37. The number of fused-ring (bicyclic) bond motifs is 3. The van der Waals surface area contributed by atoms with E-state index >= 15 is 0 Å². The summed E-state index contributed by atoms with van der Waals surface area (Å²) in [6.45, 7) is 9.68. The van der Waals surface area contributed by atoms with Crippen molar-refractivity contribution in [1.29, 1.82) is 0 Å². The van der Waals surface area contributed by atoms with Crippen LogP contribution in [0.1, 0.15) is 47.0 Å². The molecule has 0 aromatic carbocycles. The average molecular weight is 220 g/mol. The van der Waals surface area contributed by atoms with Gasteiger partial charge in [0.25, 0.3) is 0 Å². The molecule has 1 N–H and O–H groups in total. The molecule has 3 aliphatic carbocycles. The molecule has 16 heavy (non-hydrogen) atoms. The minimum absolute atomic E-state index is 0.143. The zero-order valence-corrected chi connectivity index (χ0v) is 11.0. The van der Waals surface area contributed by atoms with Crippen LogP contribution in [-0.2, 0) is 0 Å². The molecule has 1 heteroatoms. The monoisotopic (exact) mass is 220 g/mol. The molecule has 0 bridgehead atoms. The van der Waals surface area contributed by atoms with Gasteiger partial charge in [0.2, 0.25) is 0 Å². The van der Waals surface area contributed by atoms with Crippen molar-refractivity contribution in [3.8, 4) is 0 Å². The molecule has 3 rings (SSSR count). The Morgan fingerprint density at radius 2 is 1.94 bits per heavy atom. The van der Waals surface area contributed by atoms with E-state index in [-0.39, 0.29) is 6.10 Å². The lowest BCUT2D eigenvalue weighted by Gasteiger charge is -2.42. The molecule has 5 atom stereocenters. The third-order valence-electron chi connectivity index (χ3n) is 6.34. The SMILES string of the molecule is C[C@H]1CC[C@@H](O)C2=CC[C@@H]3C(C)(C)[C@]3(C)[C@@H]21. The van der Waals surface area contributed by atoms with E-state index in [0.717, 1.165) is 18.3 Å². The van der Waals surface area contributed by atoms with E-state index in [2.05, 4.69) is 33.8 Å². The predicted molar refractivity (Wildman–Crippen MR) is 66.0 cm³/mol. The van der Waals surface area contributed by atoms with Gasteiger partial charge in [-0.1, -0.05) is 33.8 Å². The van der Waals surface area contributed by atoms with Gasteiger partial charge in [-0.3, -0.25) is 0 Å². The summed E-state index contributed by atoms with van der Waals surface area (Å²) in [7, 11) is 0. The van der Waals surface area contributed by atoms with Crippen LogP contribution in [0.15, 0.2) is 11.6 Å². The summed E-state index contributed by atoms with van der Waals surface area (Å²) in [4.78, 5) is 0.